The van der Waals surface area contributed by atoms with Crippen molar-refractivity contribution in [1.29, 1.82) is 0 Å². The molecule has 5 nitrogen and oxygen atoms in total. The number of hydrogen-bond acceptors (Lipinski definition) is 4. The summed E-state index contributed by atoms with van der Waals surface area (Å²) in [4.78, 5) is 13.5. The molecular weight excluding hydrogens is 302 g/mol. The first-order chi connectivity index (χ1) is 9.84. The van der Waals surface area contributed by atoms with Crippen molar-refractivity contribution in [2.75, 3.05) is 19.6 Å². The summed E-state index contributed by atoms with van der Waals surface area (Å²) < 4.78 is 47.5. The Kier molecular flexibility index (Phi) is 4.58. The molecule has 0 bridgehead atoms. The molecular formula is C13H16F2N2O3S. The Morgan fingerprint density at radius 3 is 2.48 bits per heavy atom. The molecule has 1 atom stereocenters. The molecule has 1 aromatic rings. The van der Waals surface area contributed by atoms with E-state index in [2.05, 4.69) is 5.32 Å². The molecule has 1 unspecified atom stereocenters. The maximum atomic E-state index is 12.4. The van der Waals surface area contributed by atoms with Crippen LogP contribution in [0.5, 0.6) is 0 Å². The molecule has 0 aromatic heterocycles. The summed E-state index contributed by atoms with van der Waals surface area (Å²) in [5.74, 6) is -3.70. The molecule has 0 aliphatic carbocycles. The Labute approximate surface area is 121 Å². The Morgan fingerprint density at radius 2 is 1.95 bits per heavy atom. The van der Waals surface area contributed by atoms with E-state index in [0.29, 0.717) is 19.6 Å². The van der Waals surface area contributed by atoms with Gasteiger partial charge in [0.1, 0.15) is 0 Å². The molecule has 2 rings (SSSR count). The van der Waals surface area contributed by atoms with Gasteiger partial charge < -0.3 is 10.2 Å². The molecule has 116 valence electrons. The second-order valence-corrected chi connectivity index (χ2v) is 6.80. The molecule has 1 fully saturated rings. The number of nitrogens with one attached hydrogen (secondary N) is 1. The maximum absolute atomic E-state index is 12.4. The fraction of sp³-hybridized carbons (Fsp3) is 0.462. The lowest BCUT2D eigenvalue weighted by atomic mass is 10.1. The van der Waals surface area contributed by atoms with Gasteiger partial charge in [-0.1, -0.05) is 0 Å². The standard InChI is InChI=1S/C13H16F2N2O3S/c1-9-8-16-6-7-17(9)12(18)10-2-4-11(5-3-10)21(19,20)13(14)15/h2-5,9,13,16H,6-8H2,1H3. The van der Waals surface area contributed by atoms with Gasteiger partial charge in [0.25, 0.3) is 5.91 Å². The number of amides is 1. The van der Waals surface area contributed by atoms with E-state index in [1.54, 1.807) is 4.90 Å². The summed E-state index contributed by atoms with van der Waals surface area (Å²) in [5, 5.41) is 3.16. The highest BCUT2D eigenvalue weighted by Crippen LogP contribution is 2.19. The minimum atomic E-state index is -4.62. The van der Waals surface area contributed by atoms with Crippen molar-refractivity contribution in [2.45, 2.75) is 23.6 Å². The molecule has 1 aliphatic rings. The Morgan fingerprint density at radius 1 is 1.33 bits per heavy atom. The number of carbonyl (C=O) groups excluding carboxylic acids is 1. The number of hydrogen-bond donors (Lipinski definition) is 1. The van der Waals surface area contributed by atoms with Crippen LogP contribution in [0.15, 0.2) is 29.2 Å². The van der Waals surface area contributed by atoms with E-state index in [9.17, 15) is 22.0 Å². The van der Waals surface area contributed by atoms with Gasteiger partial charge in [0, 0.05) is 31.2 Å². The number of nitrogens with zero attached hydrogens (tertiary/aromatic N) is 1. The van der Waals surface area contributed by atoms with Crippen LogP contribution in [0.4, 0.5) is 8.78 Å². The fourth-order valence-electron chi connectivity index (χ4n) is 2.20. The minimum Gasteiger partial charge on any atom is -0.333 e. The van der Waals surface area contributed by atoms with Crippen LogP contribution in [0.2, 0.25) is 0 Å². The quantitative estimate of drug-likeness (QED) is 0.907. The first-order valence-electron chi connectivity index (χ1n) is 6.48. The predicted octanol–water partition coefficient (Wildman–Crippen LogP) is 1.12. The SMILES string of the molecule is CC1CNCCN1C(=O)c1ccc(S(=O)(=O)C(F)F)cc1. The molecule has 1 heterocycles. The monoisotopic (exact) mass is 318 g/mol. The molecule has 0 saturated carbocycles. The summed E-state index contributed by atoms with van der Waals surface area (Å²) >= 11 is 0. The van der Waals surface area contributed by atoms with E-state index < -0.39 is 20.5 Å². The van der Waals surface area contributed by atoms with Gasteiger partial charge in [-0.05, 0) is 31.2 Å². The van der Waals surface area contributed by atoms with Crippen molar-refractivity contribution in [1.82, 2.24) is 10.2 Å². The first-order valence-corrected chi connectivity index (χ1v) is 8.02. The number of rotatable bonds is 3. The Balaban J connectivity index is 2.21. The highest BCUT2D eigenvalue weighted by atomic mass is 32.2. The zero-order valence-electron chi connectivity index (χ0n) is 11.4. The van der Waals surface area contributed by atoms with E-state index in [4.69, 9.17) is 0 Å². The fourth-order valence-corrected chi connectivity index (χ4v) is 2.92. The molecule has 1 saturated heterocycles. The van der Waals surface area contributed by atoms with Crippen LogP contribution >= 0.6 is 0 Å². The van der Waals surface area contributed by atoms with Crippen molar-refractivity contribution in [3.8, 4) is 0 Å². The van der Waals surface area contributed by atoms with Crippen molar-refractivity contribution >= 4 is 15.7 Å². The van der Waals surface area contributed by atoms with Gasteiger partial charge in [-0.25, -0.2) is 8.42 Å². The third kappa shape index (κ3) is 3.21. The molecule has 8 heteroatoms. The molecule has 1 aliphatic heterocycles. The van der Waals surface area contributed by atoms with Crippen molar-refractivity contribution in [2.24, 2.45) is 0 Å². The number of halogens is 2. The smallest absolute Gasteiger partial charge is 0.333 e. The second-order valence-electron chi connectivity index (χ2n) is 4.88. The van der Waals surface area contributed by atoms with Gasteiger partial charge in [-0.2, -0.15) is 8.78 Å². The molecule has 1 aromatic carbocycles. The molecule has 0 radical (unpaired) electrons. The Bertz CT molecular complexity index is 617. The van der Waals surface area contributed by atoms with Crippen LogP contribution in [-0.4, -0.2) is 50.7 Å². The number of piperazine rings is 1. The molecule has 1 N–H and O–H groups in total. The highest BCUT2D eigenvalue weighted by molar-refractivity contribution is 7.91. The second kappa shape index (κ2) is 6.07. The summed E-state index contributed by atoms with van der Waals surface area (Å²) in [6.45, 7) is 3.83. The lowest BCUT2D eigenvalue weighted by Gasteiger charge is -2.34. The number of sulfone groups is 1. The summed E-state index contributed by atoms with van der Waals surface area (Å²) in [6.07, 6.45) is 0. The van der Waals surface area contributed by atoms with Gasteiger partial charge in [0.15, 0.2) is 0 Å². The number of carbonyl (C=O) groups is 1. The third-order valence-electron chi connectivity index (χ3n) is 3.43. The summed E-state index contributed by atoms with van der Waals surface area (Å²) in [5.41, 5.74) is 0.289. The van der Waals surface area contributed by atoms with E-state index in [0.717, 1.165) is 12.1 Å². The van der Waals surface area contributed by atoms with Crippen LogP contribution < -0.4 is 5.32 Å². The zero-order valence-corrected chi connectivity index (χ0v) is 12.2. The van der Waals surface area contributed by atoms with Crippen LogP contribution in [0.3, 0.4) is 0 Å². The average molecular weight is 318 g/mol. The minimum absolute atomic E-state index is 0.0238. The van der Waals surface area contributed by atoms with Crippen LogP contribution in [0.1, 0.15) is 17.3 Å². The van der Waals surface area contributed by atoms with Crippen molar-refractivity contribution in [3.63, 3.8) is 0 Å². The van der Waals surface area contributed by atoms with E-state index in [-0.39, 0.29) is 17.5 Å². The van der Waals surface area contributed by atoms with Gasteiger partial charge in [-0.3, -0.25) is 4.79 Å². The van der Waals surface area contributed by atoms with Gasteiger partial charge in [0.05, 0.1) is 4.90 Å². The largest absolute Gasteiger partial charge is 0.341 e. The lowest BCUT2D eigenvalue weighted by molar-refractivity contribution is 0.0655. The molecule has 0 spiro atoms. The van der Waals surface area contributed by atoms with Gasteiger partial charge in [-0.15, -0.1) is 0 Å². The van der Waals surface area contributed by atoms with Gasteiger partial charge in [0.2, 0.25) is 9.84 Å². The van der Waals surface area contributed by atoms with Crippen LogP contribution in [0.25, 0.3) is 0 Å². The number of benzene rings is 1. The van der Waals surface area contributed by atoms with E-state index >= 15 is 0 Å². The maximum Gasteiger partial charge on any atom is 0.341 e. The topological polar surface area (TPSA) is 66.5 Å². The predicted molar refractivity (Wildman–Crippen MR) is 73.0 cm³/mol. The van der Waals surface area contributed by atoms with Crippen molar-refractivity contribution in [3.05, 3.63) is 29.8 Å². The van der Waals surface area contributed by atoms with Gasteiger partial charge >= 0.3 is 5.76 Å². The third-order valence-corrected chi connectivity index (χ3v) is 4.82. The van der Waals surface area contributed by atoms with E-state index in [1.807, 2.05) is 6.92 Å². The lowest BCUT2D eigenvalue weighted by Crippen LogP contribution is -2.52. The normalized spacial score (nSPS) is 19.8. The van der Waals surface area contributed by atoms with E-state index in [1.165, 1.54) is 12.1 Å². The average Bonchev–Trinajstić information content (AvgIpc) is 2.47. The Hall–Kier alpha value is -1.54. The highest BCUT2D eigenvalue weighted by Gasteiger charge is 2.28. The molecule has 21 heavy (non-hydrogen) atoms. The zero-order chi connectivity index (χ0) is 15.6. The van der Waals surface area contributed by atoms with Crippen LogP contribution in [-0.2, 0) is 9.84 Å². The van der Waals surface area contributed by atoms with Crippen molar-refractivity contribution < 1.29 is 22.0 Å². The summed E-state index contributed by atoms with van der Waals surface area (Å²) in [6, 6.07) is 4.65. The molecule has 1 amide bonds. The summed E-state index contributed by atoms with van der Waals surface area (Å²) in [7, 11) is -4.62. The van der Waals surface area contributed by atoms with Crippen LogP contribution in [0, 0.1) is 0 Å². The first kappa shape index (κ1) is 15.8. The number of alkyl halides is 2.